The van der Waals surface area contributed by atoms with E-state index in [0.717, 1.165) is 4.90 Å². The summed E-state index contributed by atoms with van der Waals surface area (Å²) in [5, 5.41) is 11.6. The number of aliphatic carboxylic acids is 1. The van der Waals surface area contributed by atoms with Gasteiger partial charge < -0.3 is 20.1 Å². The lowest BCUT2D eigenvalue weighted by Gasteiger charge is -2.24. The van der Waals surface area contributed by atoms with Crippen LogP contribution in [0.1, 0.15) is 17.3 Å². The van der Waals surface area contributed by atoms with E-state index >= 15 is 0 Å². The summed E-state index contributed by atoms with van der Waals surface area (Å²) in [5.74, 6) is -1.45. The van der Waals surface area contributed by atoms with Gasteiger partial charge in [-0.05, 0) is 35.0 Å². The summed E-state index contributed by atoms with van der Waals surface area (Å²) in [7, 11) is 1.41. The van der Waals surface area contributed by atoms with Crippen LogP contribution in [0.4, 0.5) is 5.69 Å². The average molecular weight is 357 g/mol. The highest BCUT2D eigenvalue weighted by Gasteiger charge is 2.26. The van der Waals surface area contributed by atoms with E-state index in [1.54, 1.807) is 6.07 Å². The number of carbonyl (C=O) groups is 3. The lowest BCUT2D eigenvalue weighted by atomic mass is 10.1. The summed E-state index contributed by atoms with van der Waals surface area (Å²) in [6.45, 7) is 1.30. The molecule has 21 heavy (non-hydrogen) atoms. The quantitative estimate of drug-likeness (QED) is 0.851. The number of carboxylic acid groups (broad SMARTS) is 1. The number of anilines is 1. The normalized spacial score (nSPS) is 14.5. The van der Waals surface area contributed by atoms with Gasteiger partial charge in [-0.1, -0.05) is 0 Å². The first kappa shape index (κ1) is 15.3. The predicted molar refractivity (Wildman–Crippen MR) is 77.5 cm³/mol. The van der Waals surface area contributed by atoms with Crippen LogP contribution < -0.4 is 10.1 Å². The molecule has 0 saturated heterocycles. The first-order chi connectivity index (χ1) is 9.81. The van der Waals surface area contributed by atoms with Crippen molar-refractivity contribution in [2.75, 3.05) is 19.0 Å². The van der Waals surface area contributed by atoms with Crippen molar-refractivity contribution >= 4 is 39.4 Å². The molecule has 7 nitrogen and oxygen atoms in total. The zero-order valence-electron chi connectivity index (χ0n) is 11.3. The Morgan fingerprint density at radius 3 is 2.76 bits per heavy atom. The van der Waals surface area contributed by atoms with Crippen LogP contribution in [0.25, 0.3) is 0 Å². The van der Waals surface area contributed by atoms with E-state index < -0.39 is 17.9 Å². The molecular formula is C13H13BrN2O5. The van der Waals surface area contributed by atoms with Crippen molar-refractivity contribution in [1.82, 2.24) is 4.90 Å². The first-order valence-corrected chi connectivity index (χ1v) is 6.86. The van der Waals surface area contributed by atoms with E-state index in [-0.39, 0.29) is 18.1 Å². The molecule has 1 heterocycles. The molecule has 2 N–H and O–H groups in total. The molecule has 0 bridgehead atoms. The molecule has 0 spiro atoms. The summed E-state index contributed by atoms with van der Waals surface area (Å²) in [5.41, 5.74) is 0.726. The molecule has 0 aromatic heterocycles. The van der Waals surface area contributed by atoms with Crippen LogP contribution >= 0.6 is 15.9 Å². The maximum absolute atomic E-state index is 12.4. The fourth-order valence-electron chi connectivity index (χ4n) is 1.80. The van der Waals surface area contributed by atoms with Gasteiger partial charge in [0.05, 0.1) is 11.3 Å². The topological polar surface area (TPSA) is 95.9 Å². The highest BCUT2D eigenvalue weighted by molar-refractivity contribution is 9.10. The molecule has 1 aromatic carbocycles. The Morgan fingerprint density at radius 2 is 2.14 bits per heavy atom. The van der Waals surface area contributed by atoms with E-state index in [2.05, 4.69) is 21.2 Å². The Labute approximate surface area is 129 Å². The maximum atomic E-state index is 12.4. The molecule has 0 saturated carbocycles. The summed E-state index contributed by atoms with van der Waals surface area (Å²) in [6, 6.07) is 2.08. The van der Waals surface area contributed by atoms with E-state index in [1.165, 1.54) is 20.0 Å². The van der Waals surface area contributed by atoms with Crippen LogP contribution in [0, 0.1) is 0 Å². The van der Waals surface area contributed by atoms with Gasteiger partial charge in [0, 0.05) is 11.5 Å². The predicted octanol–water partition coefficient (Wildman–Crippen LogP) is 1.33. The molecule has 1 aromatic rings. The third-order valence-corrected chi connectivity index (χ3v) is 3.85. The van der Waals surface area contributed by atoms with Crippen molar-refractivity contribution in [3.63, 3.8) is 0 Å². The summed E-state index contributed by atoms with van der Waals surface area (Å²) >= 11 is 3.25. The largest absolute Gasteiger partial charge is 0.482 e. The molecular weight excluding hydrogens is 344 g/mol. The zero-order chi connectivity index (χ0) is 15.7. The number of fused-ring (bicyclic) bond motifs is 1. The Morgan fingerprint density at radius 1 is 1.48 bits per heavy atom. The summed E-state index contributed by atoms with van der Waals surface area (Å²) in [6.07, 6.45) is 0. The van der Waals surface area contributed by atoms with Gasteiger partial charge >= 0.3 is 5.97 Å². The number of nitrogens with zero attached hydrogens (tertiary/aromatic N) is 1. The molecule has 1 aliphatic rings. The highest BCUT2D eigenvalue weighted by atomic mass is 79.9. The minimum absolute atomic E-state index is 0.121. The van der Waals surface area contributed by atoms with E-state index in [4.69, 9.17) is 9.84 Å². The lowest BCUT2D eigenvalue weighted by Crippen LogP contribution is -2.40. The zero-order valence-corrected chi connectivity index (χ0v) is 12.9. The Kier molecular flexibility index (Phi) is 4.17. The van der Waals surface area contributed by atoms with Crippen molar-refractivity contribution in [2.24, 2.45) is 0 Å². The molecule has 112 valence electrons. The third kappa shape index (κ3) is 2.99. The number of halogens is 1. The Bertz CT molecular complexity index is 631. The van der Waals surface area contributed by atoms with Crippen LogP contribution in [-0.2, 0) is 9.59 Å². The van der Waals surface area contributed by atoms with Gasteiger partial charge in [-0.2, -0.15) is 0 Å². The fraction of sp³-hybridized carbons (Fsp3) is 0.308. The fourth-order valence-corrected chi connectivity index (χ4v) is 2.31. The minimum atomic E-state index is -1.09. The molecule has 1 atom stereocenters. The van der Waals surface area contributed by atoms with Crippen molar-refractivity contribution in [3.05, 3.63) is 22.2 Å². The number of hydrogen-bond acceptors (Lipinski definition) is 4. The first-order valence-electron chi connectivity index (χ1n) is 6.07. The van der Waals surface area contributed by atoms with Crippen LogP contribution in [0.5, 0.6) is 5.75 Å². The van der Waals surface area contributed by atoms with Crippen LogP contribution in [0.15, 0.2) is 16.6 Å². The molecule has 2 rings (SSSR count). The molecule has 0 fully saturated rings. The molecule has 1 unspecified atom stereocenters. The minimum Gasteiger partial charge on any atom is -0.482 e. The number of ether oxygens (including phenoxy) is 1. The monoisotopic (exact) mass is 356 g/mol. The number of likely N-dealkylation sites (N-methyl/N-ethyl adjacent to an activating group) is 1. The van der Waals surface area contributed by atoms with Gasteiger partial charge in [0.15, 0.2) is 6.61 Å². The van der Waals surface area contributed by atoms with Crippen molar-refractivity contribution < 1.29 is 24.2 Å². The molecule has 0 aliphatic carbocycles. The Balaban J connectivity index is 2.34. The average Bonchev–Trinajstić information content (AvgIpc) is 2.44. The summed E-state index contributed by atoms with van der Waals surface area (Å²) < 4.78 is 5.70. The number of amides is 2. The van der Waals surface area contributed by atoms with Gasteiger partial charge in [0.1, 0.15) is 11.8 Å². The van der Waals surface area contributed by atoms with Gasteiger partial charge in [0.2, 0.25) is 0 Å². The van der Waals surface area contributed by atoms with Gasteiger partial charge in [-0.15, -0.1) is 0 Å². The van der Waals surface area contributed by atoms with Crippen molar-refractivity contribution in [3.8, 4) is 5.75 Å². The van der Waals surface area contributed by atoms with Gasteiger partial charge in [0.25, 0.3) is 11.8 Å². The van der Waals surface area contributed by atoms with Crippen molar-refractivity contribution in [2.45, 2.75) is 13.0 Å². The lowest BCUT2D eigenvalue weighted by molar-refractivity contribution is -0.141. The second kappa shape index (κ2) is 5.72. The van der Waals surface area contributed by atoms with Gasteiger partial charge in [-0.25, -0.2) is 4.79 Å². The third-order valence-electron chi connectivity index (χ3n) is 3.19. The second-order valence-corrected chi connectivity index (χ2v) is 5.45. The number of carboxylic acids is 1. The molecule has 2 amide bonds. The van der Waals surface area contributed by atoms with E-state index in [0.29, 0.717) is 15.9 Å². The Hall–Kier alpha value is -2.09. The molecule has 1 aliphatic heterocycles. The van der Waals surface area contributed by atoms with E-state index in [9.17, 15) is 14.4 Å². The number of benzene rings is 1. The summed E-state index contributed by atoms with van der Waals surface area (Å²) in [4.78, 5) is 35.7. The molecule has 8 heteroatoms. The van der Waals surface area contributed by atoms with Crippen LogP contribution in [0.3, 0.4) is 0 Å². The number of nitrogens with one attached hydrogen (secondary N) is 1. The number of carbonyl (C=O) groups excluding carboxylic acids is 2. The maximum Gasteiger partial charge on any atom is 0.326 e. The second-order valence-electron chi connectivity index (χ2n) is 4.60. The van der Waals surface area contributed by atoms with E-state index in [1.807, 2.05) is 0 Å². The van der Waals surface area contributed by atoms with Gasteiger partial charge in [-0.3, -0.25) is 9.59 Å². The molecule has 0 radical (unpaired) electrons. The van der Waals surface area contributed by atoms with Crippen molar-refractivity contribution in [1.29, 1.82) is 0 Å². The smallest absolute Gasteiger partial charge is 0.326 e. The van der Waals surface area contributed by atoms with Crippen LogP contribution in [-0.4, -0.2) is 47.5 Å². The standard InChI is InChI=1S/C13H13BrN2O5/c1-6(13(19)20)16(2)12(18)7-3-10-9(4-8(7)14)15-11(17)5-21-10/h3-4,6H,5H2,1-2H3,(H,15,17)(H,19,20). The van der Waals surface area contributed by atoms with Crippen LogP contribution in [0.2, 0.25) is 0 Å². The number of rotatable bonds is 3. The highest BCUT2D eigenvalue weighted by Crippen LogP contribution is 2.34. The SMILES string of the molecule is CC(C(=O)O)N(C)C(=O)c1cc2c(cc1Br)NC(=O)CO2. The number of hydrogen-bond donors (Lipinski definition) is 2.